The van der Waals surface area contributed by atoms with E-state index in [-0.39, 0.29) is 16.4 Å². The SMILES string of the molecule is CN1CCN(c2ccc(NC(=S)NC(=O)c3cccc([N+](=O)[O-])c3)cc2)CC1. The van der Waals surface area contributed by atoms with Crippen molar-refractivity contribution in [3.8, 4) is 0 Å². The normalized spacial score (nSPS) is 14.4. The third-order valence-corrected chi connectivity index (χ3v) is 4.74. The lowest BCUT2D eigenvalue weighted by Gasteiger charge is -2.34. The Kier molecular flexibility index (Phi) is 6.17. The summed E-state index contributed by atoms with van der Waals surface area (Å²) < 4.78 is 0. The van der Waals surface area contributed by atoms with Crippen molar-refractivity contribution in [2.75, 3.05) is 43.4 Å². The van der Waals surface area contributed by atoms with Gasteiger partial charge in [0.25, 0.3) is 11.6 Å². The van der Waals surface area contributed by atoms with Crippen LogP contribution >= 0.6 is 12.2 Å². The number of carbonyl (C=O) groups excluding carboxylic acids is 1. The molecule has 1 amide bonds. The number of piperazine rings is 1. The second kappa shape index (κ2) is 8.77. The minimum absolute atomic E-state index is 0.129. The second-order valence-corrected chi connectivity index (χ2v) is 6.96. The molecule has 0 spiro atoms. The second-order valence-electron chi connectivity index (χ2n) is 6.55. The third-order valence-electron chi connectivity index (χ3n) is 4.54. The van der Waals surface area contributed by atoms with Gasteiger partial charge < -0.3 is 15.1 Å². The molecule has 0 saturated carbocycles. The predicted molar refractivity (Wildman–Crippen MR) is 113 cm³/mol. The molecule has 0 aromatic heterocycles. The summed E-state index contributed by atoms with van der Waals surface area (Å²) in [6.07, 6.45) is 0. The summed E-state index contributed by atoms with van der Waals surface area (Å²) in [5.41, 5.74) is 1.92. The first-order chi connectivity index (χ1) is 13.4. The molecule has 3 rings (SSSR count). The number of anilines is 2. The van der Waals surface area contributed by atoms with Crippen molar-refractivity contribution >= 4 is 40.3 Å². The van der Waals surface area contributed by atoms with Crippen LogP contribution in [0.1, 0.15) is 10.4 Å². The number of amides is 1. The number of nitro groups is 1. The predicted octanol–water partition coefficient (Wildman–Crippen LogP) is 2.47. The number of benzene rings is 2. The van der Waals surface area contributed by atoms with E-state index in [9.17, 15) is 14.9 Å². The molecule has 1 saturated heterocycles. The van der Waals surface area contributed by atoms with Gasteiger partial charge in [0.1, 0.15) is 0 Å². The number of carbonyl (C=O) groups is 1. The summed E-state index contributed by atoms with van der Waals surface area (Å²) in [6.45, 7) is 4.05. The molecule has 0 bridgehead atoms. The Balaban J connectivity index is 1.56. The Bertz CT molecular complexity index is 879. The molecule has 2 aromatic carbocycles. The fraction of sp³-hybridized carbons (Fsp3) is 0.263. The van der Waals surface area contributed by atoms with Gasteiger partial charge in [-0.2, -0.15) is 0 Å². The van der Waals surface area contributed by atoms with Crippen LogP contribution in [0.5, 0.6) is 0 Å². The minimum Gasteiger partial charge on any atom is -0.369 e. The lowest BCUT2D eigenvalue weighted by molar-refractivity contribution is -0.384. The zero-order valence-electron chi connectivity index (χ0n) is 15.4. The van der Waals surface area contributed by atoms with Gasteiger partial charge in [0.05, 0.1) is 4.92 Å². The van der Waals surface area contributed by atoms with E-state index in [1.165, 1.54) is 24.3 Å². The molecule has 2 aromatic rings. The Labute approximate surface area is 168 Å². The molecule has 8 nitrogen and oxygen atoms in total. The number of likely N-dealkylation sites (N-methyl/N-ethyl adjacent to an activating group) is 1. The van der Waals surface area contributed by atoms with Gasteiger partial charge in [-0.1, -0.05) is 6.07 Å². The molecular weight excluding hydrogens is 378 g/mol. The Hall–Kier alpha value is -3.04. The summed E-state index contributed by atoms with van der Waals surface area (Å²) >= 11 is 5.17. The van der Waals surface area contributed by atoms with E-state index < -0.39 is 10.8 Å². The van der Waals surface area contributed by atoms with Crippen LogP contribution in [-0.2, 0) is 0 Å². The van der Waals surface area contributed by atoms with E-state index in [0.29, 0.717) is 0 Å². The highest BCUT2D eigenvalue weighted by molar-refractivity contribution is 7.80. The lowest BCUT2D eigenvalue weighted by Crippen LogP contribution is -2.44. The van der Waals surface area contributed by atoms with Gasteiger partial charge in [0, 0.05) is 55.2 Å². The van der Waals surface area contributed by atoms with Crippen molar-refractivity contribution in [2.24, 2.45) is 0 Å². The van der Waals surface area contributed by atoms with Gasteiger partial charge in [-0.25, -0.2) is 0 Å². The van der Waals surface area contributed by atoms with Crippen LogP contribution in [0.25, 0.3) is 0 Å². The fourth-order valence-corrected chi connectivity index (χ4v) is 3.13. The maximum Gasteiger partial charge on any atom is 0.270 e. The monoisotopic (exact) mass is 399 g/mol. The molecule has 1 aliphatic heterocycles. The third kappa shape index (κ3) is 5.02. The molecule has 0 aliphatic carbocycles. The number of hydrogen-bond acceptors (Lipinski definition) is 6. The quantitative estimate of drug-likeness (QED) is 0.464. The fourth-order valence-electron chi connectivity index (χ4n) is 2.92. The van der Waals surface area contributed by atoms with Gasteiger partial charge in [-0.05, 0) is 49.6 Å². The first kappa shape index (κ1) is 19.7. The molecule has 0 radical (unpaired) electrons. The number of nitrogens with one attached hydrogen (secondary N) is 2. The van der Waals surface area contributed by atoms with Crippen molar-refractivity contribution in [2.45, 2.75) is 0 Å². The highest BCUT2D eigenvalue weighted by Gasteiger charge is 2.15. The van der Waals surface area contributed by atoms with Crippen molar-refractivity contribution in [3.63, 3.8) is 0 Å². The number of thiocarbonyl (C=S) groups is 1. The average Bonchev–Trinajstić information content (AvgIpc) is 2.69. The highest BCUT2D eigenvalue weighted by Crippen LogP contribution is 2.19. The van der Waals surface area contributed by atoms with Crippen LogP contribution in [0.15, 0.2) is 48.5 Å². The van der Waals surface area contributed by atoms with E-state index >= 15 is 0 Å². The summed E-state index contributed by atoms with van der Waals surface area (Å²) in [5, 5.41) is 16.4. The Morgan fingerprint density at radius 1 is 1.11 bits per heavy atom. The van der Waals surface area contributed by atoms with Crippen LogP contribution in [0, 0.1) is 10.1 Å². The molecule has 0 atom stereocenters. The van der Waals surface area contributed by atoms with Crippen molar-refractivity contribution in [1.29, 1.82) is 0 Å². The number of nitro benzene ring substituents is 1. The number of hydrogen-bond donors (Lipinski definition) is 2. The molecule has 0 unspecified atom stereocenters. The van der Waals surface area contributed by atoms with E-state index in [4.69, 9.17) is 12.2 Å². The van der Waals surface area contributed by atoms with Crippen LogP contribution in [0.3, 0.4) is 0 Å². The topological polar surface area (TPSA) is 90.8 Å². The van der Waals surface area contributed by atoms with Gasteiger partial charge in [-0.15, -0.1) is 0 Å². The van der Waals surface area contributed by atoms with Gasteiger partial charge in [0.15, 0.2) is 5.11 Å². The molecule has 1 heterocycles. The number of nitrogens with zero attached hydrogens (tertiary/aromatic N) is 3. The van der Waals surface area contributed by atoms with Crippen LogP contribution in [-0.4, -0.2) is 54.1 Å². The molecule has 2 N–H and O–H groups in total. The van der Waals surface area contributed by atoms with Crippen molar-refractivity contribution in [3.05, 3.63) is 64.2 Å². The maximum absolute atomic E-state index is 12.2. The summed E-state index contributed by atoms with van der Waals surface area (Å²) in [4.78, 5) is 27.1. The maximum atomic E-state index is 12.2. The van der Waals surface area contributed by atoms with Crippen LogP contribution < -0.4 is 15.5 Å². The van der Waals surface area contributed by atoms with Gasteiger partial charge >= 0.3 is 0 Å². The van der Waals surface area contributed by atoms with Crippen molar-refractivity contribution < 1.29 is 9.72 Å². The van der Waals surface area contributed by atoms with Gasteiger partial charge in [-0.3, -0.25) is 20.2 Å². The smallest absolute Gasteiger partial charge is 0.270 e. The first-order valence-electron chi connectivity index (χ1n) is 8.83. The molecule has 28 heavy (non-hydrogen) atoms. The zero-order valence-corrected chi connectivity index (χ0v) is 16.2. The average molecular weight is 399 g/mol. The minimum atomic E-state index is -0.546. The molecule has 9 heteroatoms. The van der Waals surface area contributed by atoms with Crippen LogP contribution in [0.4, 0.5) is 17.1 Å². The van der Waals surface area contributed by atoms with Crippen LogP contribution in [0.2, 0.25) is 0 Å². The highest BCUT2D eigenvalue weighted by atomic mass is 32.1. The summed E-state index contributed by atoms with van der Waals surface area (Å²) in [5.74, 6) is -0.504. The molecular formula is C19H21N5O3S. The van der Waals surface area contributed by atoms with Gasteiger partial charge in [0.2, 0.25) is 0 Å². The Morgan fingerprint density at radius 2 is 1.79 bits per heavy atom. The molecule has 146 valence electrons. The summed E-state index contributed by atoms with van der Waals surface area (Å²) in [6, 6.07) is 13.3. The van der Waals surface area contributed by atoms with Crippen molar-refractivity contribution in [1.82, 2.24) is 10.2 Å². The molecule has 1 fully saturated rings. The Morgan fingerprint density at radius 3 is 2.43 bits per heavy atom. The van der Waals surface area contributed by atoms with E-state index in [1.54, 1.807) is 0 Å². The zero-order chi connectivity index (χ0) is 20.1. The number of rotatable bonds is 4. The lowest BCUT2D eigenvalue weighted by atomic mass is 10.2. The first-order valence-corrected chi connectivity index (χ1v) is 9.23. The standard InChI is InChI=1S/C19H21N5O3S/c1-22-9-11-23(12-10-22)16-7-5-15(6-8-16)20-19(28)21-18(25)14-3-2-4-17(13-14)24(26)27/h2-8,13H,9-12H2,1H3,(H2,20,21,25,28). The summed E-state index contributed by atoms with van der Waals surface area (Å²) in [7, 11) is 2.12. The van der Waals surface area contributed by atoms with E-state index in [0.717, 1.165) is 37.6 Å². The molecule has 1 aliphatic rings. The largest absolute Gasteiger partial charge is 0.369 e. The van der Waals surface area contributed by atoms with E-state index in [2.05, 4.69) is 27.5 Å². The number of non-ortho nitro benzene ring substituents is 1. The van der Waals surface area contributed by atoms with E-state index in [1.807, 2.05) is 24.3 Å².